The van der Waals surface area contributed by atoms with E-state index in [1.54, 1.807) is 52.7 Å². The number of thiazole rings is 1. The lowest BCUT2D eigenvalue weighted by Gasteiger charge is -2.35. The average Bonchev–Trinajstić information content (AvgIpc) is 4.06. The van der Waals surface area contributed by atoms with Crippen LogP contribution in [-0.2, 0) is 25.6 Å². The molecule has 7 rings (SSSR count). The summed E-state index contributed by atoms with van der Waals surface area (Å²) in [6, 6.07) is 21.7. The summed E-state index contributed by atoms with van der Waals surface area (Å²) in [5, 5.41) is 36.6. The number of amides is 3. The highest BCUT2D eigenvalue weighted by Crippen LogP contribution is 2.37. The second-order valence-electron chi connectivity index (χ2n) is 17.1. The molecule has 1 saturated heterocycles. The van der Waals surface area contributed by atoms with Crippen LogP contribution in [0, 0.1) is 5.92 Å². The van der Waals surface area contributed by atoms with Crippen molar-refractivity contribution in [2.45, 2.75) is 76.5 Å². The summed E-state index contributed by atoms with van der Waals surface area (Å²) in [6.07, 6.45) is 4.81. The molecule has 17 nitrogen and oxygen atoms in total. The number of carbonyl (C=O) groups is 4. The summed E-state index contributed by atoms with van der Waals surface area (Å²) >= 11 is 1.34. The van der Waals surface area contributed by atoms with Crippen molar-refractivity contribution in [3.8, 4) is 33.9 Å². The molecular weight excluding hydrogens is 889 g/mol. The largest absolute Gasteiger partial charge is 0.507 e. The normalized spacial score (nSPS) is 16.0. The molecule has 360 valence electrons. The molecule has 68 heavy (non-hydrogen) atoms. The standard InChI is InChI=1S/C50H60N8O9S/c1-32(57(2)50(63)64)47(61)54-44(35-10-4-3-5-11-35)49(62)58-22-9-15-42(58)48-53-41(31-68-48)45(60)36-12-8-13-37(28-36)67-27-26-66-25-24-65-23-21-52-30-33-17-19-34(20-18-33)39-29-40(55-56-46(39)51)38-14-6-7-16-43(38)59/h6-8,12-14,16-20,28-29,31-32,35,42,44,52,59H,3-5,9-11,15,21-27,30H2,1-2H3,(H2,51,56)(H,54,61)(H,63,64)/t32?,42?,44-/m0/s1. The highest BCUT2D eigenvalue weighted by atomic mass is 32.1. The predicted octanol–water partition coefficient (Wildman–Crippen LogP) is 6.71. The molecular formula is C50H60N8O9S. The Labute approximate surface area is 400 Å². The Morgan fingerprint density at radius 2 is 1.63 bits per heavy atom. The number of aromatic nitrogens is 3. The van der Waals surface area contributed by atoms with Gasteiger partial charge in [-0.2, -0.15) is 0 Å². The number of likely N-dealkylation sites (tertiary alicyclic amines) is 1. The monoisotopic (exact) mass is 948 g/mol. The quantitative estimate of drug-likeness (QED) is 0.0359. The zero-order valence-electron chi connectivity index (χ0n) is 38.5. The molecule has 0 radical (unpaired) electrons. The van der Waals surface area contributed by atoms with Gasteiger partial charge in [-0.1, -0.05) is 67.8 Å². The van der Waals surface area contributed by atoms with Crippen LogP contribution >= 0.6 is 11.3 Å². The van der Waals surface area contributed by atoms with Crippen molar-refractivity contribution in [3.05, 3.63) is 106 Å². The van der Waals surface area contributed by atoms with Crippen LogP contribution in [-0.4, -0.2) is 124 Å². The summed E-state index contributed by atoms with van der Waals surface area (Å²) in [7, 11) is 1.34. The van der Waals surface area contributed by atoms with Crippen molar-refractivity contribution in [2.24, 2.45) is 5.92 Å². The van der Waals surface area contributed by atoms with Gasteiger partial charge in [0, 0.05) is 48.8 Å². The fraction of sp³-hybridized carbons (Fsp3) is 0.420. The first-order valence-electron chi connectivity index (χ1n) is 23.1. The van der Waals surface area contributed by atoms with Crippen LogP contribution in [0.2, 0.25) is 0 Å². The first-order valence-corrected chi connectivity index (χ1v) is 24.0. The number of hydrogen-bond acceptors (Lipinski definition) is 14. The molecule has 1 aliphatic carbocycles. The van der Waals surface area contributed by atoms with Gasteiger partial charge < -0.3 is 45.7 Å². The number of phenolic OH excluding ortho intramolecular Hbond substituents is 1. The number of nitrogen functional groups attached to an aromatic ring is 1. The lowest BCUT2D eigenvalue weighted by atomic mass is 9.83. The van der Waals surface area contributed by atoms with Crippen LogP contribution in [0.5, 0.6) is 11.5 Å². The molecule has 2 aliphatic rings. The van der Waals surface area contributed by atoms with E-state index < -0.39 is 24.1 Å². The van der Waals surface area contributed by atoms with Gasteiger partial charge in [-0.15, -0.1) is 21.5 Å². The lowest BCUT2D eigenvalue weighted by molar-refractivity contribution is -0.140. The number of nitrogens with two attached hydrogens (primary N) is 1. The van der Waals surface area contributed by atoms with Crippen molar-refractivity contribution >= 4 is 40.8 Å². The molecule has 1 aliphatic heterocycles. The van der Waals surface area contributed by atoms with E-state index in [0.717, 1.165) is 60.1 Å². The maximum absolute atomic E-state index is 14.3. The maximum Gasteiger partial charge on any atom is 0.407 e. The van der Waals surface area contributed by atoms with Crippen LogP contribution < -0.4 is 21.1 Å². The molecule has 3 aromatic carbocycles. The van der Waals surface area contributed by atoms with Gasteiger partial charge >= 0.3 is 6.09 Å². The Kier molecular flexibility index (Phi) is 17.5. The highest BCUT2D eigenvalue weighted by Gasteiger charge is 2.41. The Hall–Kier alpha value is -6.47. The third kappa shape index (κ3) is 12.7. The van der Waals surface area contributed by atoms with E-state index >= 15 is 0 Å². The number of anilines is 1. The number of para-hydroxylation sites is 1. The number of phenols is 1. The van der Waals surface area contributed by atoms with Gasteiger partial charge in [0.25, 0.3) is 0 Å². The van der Waals surface area contributed by atoms with E-state index in [1.165, 1.54) is 25.3 Å². The summed E-state index contributed by atoms with van der Waals surface area (Å²) in [5.41, 5.74) is 10.7. The molecule has 3 heterocycles. The Morgan fingerprint density at radius 1 is 0.882 bits per heavy atom. The number of benzene rings is 3. The molecule has 2 unspecified atom stereocenters. The van der Waals surface area contributed by atoms with Crippen molar-refractivity contribution in [1.29, 1.82) is 0 Å². The number of nitrogens with one attached hydrogen (secondary N) is 2. The number of ether oxygens (including phenoxy) is 3. The molecule has 0 bridgehead atoms. The van der Waals surface area contributed by atoms with Gasteiger partial charge in [-0.3, -0.25) is 19.3 Å². The van der Waals surface area contributed by atoms with Crippen molar-refractivity contribution in [2.75, 3.05) is 58.9 Å². The van der Waals surface area contributed by atoms with Gasteiger partial charge in [-0.25, -0.2) is 9.78 Å². The number of nitrogens with zero attached hydrogens (tertiary/aromatic N) is 5. The summed E-state index contributed by atoms with van der Waals surface area (Å²) in [6.45, 7) is 5.28. The summed E-state index contributed by atoms with van der Waals surface area (Å²) < 4.78 is 17.3. The number of rotatable bonds is 22. The number of carboxylic acid groups (broad SMARTS) is 1. The third-order valence-electron chi connectivity index (χ3n) is 12.5. The van der Waals surface area contributed by atoms with Crippen LogP contribution in [0.15, 0.2) is 84.2 Å². The molecule has 3 atom stereocenters. The van der Waals surface area contributed by atoms with Crippen LogP contribution in [0.3, 0.4) is 0 Å². The topological polar surface area (TPSA) is 232 Å². The number of aromatic hydroxyl groups is 1. The molecule has 0 spiro atoms. The van der Waals surface area contributed by atoms with Gasteiger partial charge in [0.2, 0.25) is 17.6 Å². The average molecular weight is 949 g/mol. The smallest absolute Gasteiger partial charge is 0.407 e. The number of hydrogen-bond donors (Lipinski definition) is 5. The zero-order valence-corrected chi connectivity index (χ0v) is 39.3. The number of carbonyl (C=O) groups excluding carboxylic acids is 3. The SMILES string of the molecule is CC(C(=O)N[C@H](C(=O)N1CCCC1c1nc(C(=O)c2cccc(OCCOCCOCCNCc3ccc(-c4cc(-c5ccccc5O)nnc4N)cc3)c2)cs1)C1CCCCC1)N(C)C(=O)O. The first kappa shape index (κ1) is 49.4. The maximum atomic E-state index is 14.3. The van der Waals surface area contributed by atoms with E-state index in [4.69, 9.17) is 24.9 Å². The Bertz CT molecular complexity index is 2500. The van der Waals surface area contributed by atoms with Crippen molar-refractivity contribution in [3.63, 3.8) is 0 Å². The highest BCUT2D eigenvalue weighted by molar-refractivity contribution is 7.10. The molecule has 3 amide bonds. The summed E-state index contributed by atoms with van der Waals surface area (Å²) in [5.74, 6) is -0.0541. The molecule has 1 saturated carbocycles. The summed E-state index contributed by atoms with van der Waals surface area (Å²) in [4.78, 5) is 60.1. The van der Waals surface area contributed by atoms with Crippen LogP contribution in [0.4, 0.5) is 10.6 Å². The van der Waals surface area contributed by atoms with Gasteiger partial charge in [0.05, 0.1) is 38.2 Å². The molecule has 2 aromatic heterocycles. The fourth-order valence-corrected chi connectivity index (χ4v) is 9.47. The predicted molar refractivity (Wildman–Crippen MR) is 257 cm³/mol. The second-order valence-corrected chi connectivity index (χ2v) is 18.0. The number of likely N-dealkylation sites (N-methyl/N-ethyl adjacent to an activating group) is 1. The third-order valence-corrected chi connectivity index (χ3v) is 13.5. The van der Waals surface area contributed by atoms with E-state index in [0.29, 0.717) is 85.9 Å². The van der Waals surface area contributed by atoms with Gasteiger partial charge in [0.15, 0.2) is 5.82 Å². The van der Waals surface area contributed by atoms with E-state index in [2.05, 4.69) is 20.8 Å². The minimum atomic E-state index is -1.22. The minimum Gasteiger partial charge on any atom is -0.507 e. The molecule has 2 fully saturated rings. The zero-order chi connectivity index (χ0) is 48.0. The second kappa shape index (κ2) is 24.0. The van der Waals surface area contributed by atoms with Gasteiger partial charge in [-0.05, 0) is 80.0 Å². The van der Waals surface area contributed by atoms with Gasteiger partial charge in [0.1, 0.15) is 40.9 Å². The van der Waals surface area contributed by atoms with Crippen molar-refractivity contribution in [1.82, 2.24) is 35.6 Å². The Balaban J connectivity index is 0.806. The Morgan fingerprint density at radius 3 is 2.40 bits per heavy atom. The molecule has 18 heteroatoms. The molecule has 6 N–H and O–H groups in total. The lowest BCUT2D eigenvalue weighted by Crippen LogP contribution is -2.56. The van der Waals surface area contributed by atoms with Crippen LogP contribution in [0.1, 0.15) is 84.5 Å². The number of ketones is 1. The fourth-order valence-electron chi connectivity index (χ4n) is 8.52. The minimum absolute atomic E-state index is 0.0520. The van der Waals surface area contributed by atoms with Crippen molar-refractivity contribution < 1.29 is 43.6 Å². The van der Waals surface area contributed by atoms with E-state index in [9.17, 15) is 29.4 Å². The van der Waals surface area contributed by atoms with E-state index in [-0.39, 0.29) is 41.7 Å². The van der Waals surface area contributed by atoms with E-state index in [1.807, 2.05) is 36.4 Å². The first-order chi connectivity index (χ1) is 33.0. The van der Waals surface area contributed by atoms with Crippen LogP contribution in [0.25, 0.3) is 22.4 Å². The molecule has 5 aromatic rings.